The maximum atomic E-state index is 11.5. The maximum absolute atomic E-state index is 11.5. The molecule has 0 saturated heterocycles. The van der Waals surface area contributed by atoms with Gasteiger partial charge in [0.05, 0.1) is 12.6 Å². The van der Waals surface area contributed by atoms with Crippen molar-refractivity contribution in [1.82, 2.24) is 4.57 Å². The molecule has 4 nitrogen and oxygen atoms in total. The number of hydrogen-bond acceptors (Lipinski definition) is 3. The molecule has 4 heteroatoms. The Morgan fingerprint density at radius 3 is 3.00 bits per heavy atom. The van der Waals surface area contributed by atoms with Crippen LogP contribution in [0.15, 0.2) is 23.1 Å². The van der Waals surface area contributed by atoms with Crippen LogP contribution in [0.25, 0.3) is 0 Å². The number of aromatic nitrogens is 1. The van der Waals surface area contributed by atoms with Crippen LogP contribution in [0.2, 0.25) is 0 Å². The lowest BCUT2D eigenvalue weighted by atomic mass is 10.2. The normalized spacial score (nSPS) is 12.1. The standard InChI is InChI=1S/C10H12N2O2/c1-2-9(13)7-12-5-3-4-8(6-11)10(12)14/h3-5,9,13H,2,7H2,1H3. The smallest absolute Gasteiger partial charge is 0.268 e. The first kappa shape index (κ1) is 10.5. The molecule has 1 heterocycles. The quantitative estimate of drug-likeness (QED) is 0.758. The van der Waals surface area contributed by atoms with Crippen molar-refractivity contribution in [3.63, 3.8) is 0 Å². The minimum atomic E-state index is -0.540. The summed E-state index contributed by atoms with van der Waals surface area (Å²) in [5.41, 5.74) is -0.238. The fraction of sp³-hybridized carbons (Fsp3) is 0.400. The van der Waals surface area contributed by atoms with Crippen LogP contribution in [0.3, 0.4) is 0 Å². The maximum Gasteiger partial charge on any atom is 0.268 e. The lowest BCUT2D eigenvalue weighted by Gasteiger charge is -2.09. The summed E-state index contributed by atoms with van der Waals surface area (Å²) in [6.45, 7) is 2.08. The van der Waals surface area contributed by atoms with E-state index in [0.717, 1.165) is 0 Å². The number of rotatable bonds is 3. The number of nitriles is 1. The summed E-state index contributed by atoms with van der Waals surface area (Å²) in [6, 6.07) is 4.91. The second-order valence-corrected chi connectivity index (χ2v) is 3.05. The van der Waals surface area contributed by atoms with Crippen molar-refractivity contribution in [3.8, 4) is 6.07 Å². The molecular formula is C10H12N2O2. The van der Waals surface area contributed by atoms with E-state index in [0.29, 0.717) is 6.42 Å². The molecule has 1 rings (SSSR count). The molecule has 1 aromatic rings. The van der Waals surface area contributed by atoms with Crippen molar-refractivity contribution in [3.05, 3.63) is 34.2 Å². The van der Waals surface area contributed by atoms with Gasteiger partial charge in [0.25, 0.3) is 5.56 Å². The summed E-state index contributed by atoms with van der Waals surface area (Å²) in [5, 5.41) is 18.0. The number of nitrogens with zero attached hydrogens (tertiary/aromatic N) is 2. The largest absolute Gasteiger partial charge is 0.391 e. The van der Waals surface area contributed by atoms with Crippen molar-refractivity contribution in [1.29, 1.82) is 5.26 Å². The summed E-state index contributed by atoms with van der Waals surface area (Å²) in [6.07, 6.45) is 1.62. The molecule has 74 valence electrons. The van der Waals surface area contributed by atoms with Crippen LogP contribution in [-0.4, -0.2) is 15.8 Å². The number of aliphatic hydroxyl groups excluding tert-OH is 1. The van der Waals surface area contributed by atoms with Crippen LogP contribution in [-0.2, 0) is 6.54 Å². The van der Waals surface area contributed by atoms with Crippen LogP contribution >= 0.6 is 0 Å². The molecule has 0 aromatic carbocycles. The Kier molecular flexibility index (Phi) is 3.43. The van der Waals surface area contributed by atoms with Gasteiger partial charge in [0.2, 0.25) is 0 Å². The Balaban J connectivity index is 3.00. The highest BCUT2D eigenvalue weighted by molar-refractivity contribution is 5.24. The van der Waals surface area contributed by atoms with Gasteiger partial charge in [-0.25, -0.2) is 0 Å². The summed E-state index contributed by atoms with van der Waals surface area (Å²) >= 11 is 0. The van der Waals surface area contributed by atoms with E-state index >= 15 is 0 Å². The first-order valence-corrected chi connectivity index (χ1v) is 4.46. The van der Waals surface area contributed by atoms with Gasteiger partial charge in [-0.3, -0.25) is 4.79 Å². The van der Waals surface area contributed by atoms with Crippen LogP contribution in [0.1, 0.15) is 18.9 Å². The number of hydrogen-bond donors (Lipinski definition) is 1. The van der Waals surface area contributed by atoms with E-state index in [1.54, 1.807) is 12.3 Å². The van der Waals surface area contributed by atoms with E-state index in [1.165, 1.54) is 10.6 Å². The zero-order valence-electron chi connectivity index (χ0n) is 7.97. The van der Waals surface area contributed by atoms with Gasteiger partial charge in [0, 0.05) is 6.20 Å². The van der Waals surface area contributed by atoms with Gasteiger partial charge in [-0.2, -0.15) is 5.26 Å². The number of aliphatic hydroxyl groups is 1. The van der Waals surface area contributed by atoms with Crippen LogP contribution in [0, 0.1) is 11.3 Å². The summed E-state index contributed by atoms with van der Waals surface area (Å²) in [4.78, 5) is 11.5. The first-order chi connectivity index (χ1) is 6.69. The third kappa shape index (κ3) is 2.21. The number of pyridine rings is 1. The average molecular weight is 192 g/mol. The molecule has 0 aliphatic carbocycles. The zero-order chi connectivity index (χ0) is 10.6. The predicted octanol–water partition coefficient (Wildman–Crippen LogP) is 0.491. The molecule has 14 heavy (non-hydrogen) atoms. The molecule has 1 aromatic heterocycles. The first-order valence-electron chi connectivity index (χ1n) is 4.46. The summed E-state index contributed by atoms with van der Waals surface area (Å²) in [5.74, 6) is 0. The summed E-state index contributed by atoms with van der Waals surface area (Å²) in [7, 11) is 0. The molecule has 1 atom stereocenters. The molecule has 0 saturated carbocycles. The van der Waals surface area contributed by atoms with E-state index in [9.17, 15) is 9.90 Å². The third-order valence-corrected chi connectivity index (χ3v) is 2.02. The highest BCUT2D eigenvalue weighted by atomic mass is 16.3. The SMILES string of the molecule is CCC(O)Cn1cccc(C#N)c1=O. The van der Waals surface area contributed by atoms with Crippen LogP contribution in [0.5, 0.6) is 0 Å². The Morgan fingerprint density at radius 2 is 2.43 bits per heavy atom. The molecule has 1 unspecified atom stereocenters. The predicted molar refractivity (Wildman–Crippen MR) is 51.7 cm³/mol. The Bertz CT molecular complexity index is 403. The van der Waals surface area contributed by atoms with Gasteiger partial charge in [-0.15, -0.1) is 0 Å². The molecule has 0 bridgehead atoms. The lowest BCUT2D eigenvalue weighted by Crippen LogP contribution is -2.27. The monoisotopic (exact) mass is 192 g/mol. The molecule has 0 fully saturated rings. The Hall–Kier alpha value is -1.60. The molecule has 0 aliphatic rings. The van der Waals surface area contributed by atoms with Crippen molar-refractivity contribution in [2.75, 3.05) is 0 Å². The lowest BCUT2D eigenvalue weighted by molar-refractivity contribution is 0.148. The highest BCUT2D eigenvalue weighted by Gasteiger charge is 2.05. The summed E-state index contributed by atoms with van der Waals surface area (Å²) < 4.78 is 1.35. The second-order valence-electron chi connectivity index (χ2n) is 3.05. The third-order valence-electron chi connectivity index (χ3n) is 2.02. The average Bonchev–Trinajstić information content (AvgIpc) is 2.21. The van der Waals surface area contributed by atoms with Crippen LogP contribution < -0.4 is 5.56 Å². The van der Waals surface area contributed by atoms with E-state index in [-0.39, 0.29) is 17.7 Å². The molecule has 1 N–H and O–H groups in total. The van der Waals surface area contributed by atoms with Crippen molar-refractivity contribution in [2.24, 2.45) is 0 Å². The van der Waals surface area contributed by atoms with E-state index in [2.05, 4.69) is 0 Å². The minimum Gasteiger partial charge on any atom is -0.391 e. The van der Waals surface area contributed by atoms with Gasteiger partial charge < -0.3 is 9.67 Å². The molecule has 0 amide bonds. The van der Waals surface area contributed by atoms with Gasteiger partial charge in [-0.05, 0) is 18.6 Å². The molecule has 0 radical (unpaired) electrons. The fourth-order valence-corrected chi connectivity index (χ4v) is 1.12. The van der Waals surface area contributed by atoms with Crippen molar-refractivity contribution in [2.45, 2.75) is 26.0 Å². The second kappa shape index (κ2) is 4.58. The molecule has 0 spiro atoms. The van der Waals surface area contributed by atoms with E-state index in [4.69, 9.17) is 5.26 Å². The zero-order valence-corrected chi connectivity index (χ0v) is 7.97. The Morgan fingerprint density at radius 1 is 1.71 bits per heavy atom. The topological polar surface area (TPSA) is 66.0 Å². The molecule has 0 aliphatic heterocycles. The minimum absolute atomic E-state index is 0.107. The Labute approximate surface area is 82.0 Å². The van der Waals surface area contributed by atoms with Gasteiger partial charge in [0.15, 0.2) is 0 Å². The van der Waals surface area contributed by atoms with Crippen LogP contribution in [0.4, 0.5) is 0 Å². The highest BCUT2D eigenvalue weighted by Crippen LogP contribution is 1.95. The van der Waals surface area contributed by atoms with E-state index < -0.39 is 6.10 Å². The van der Waals surface area contributed by atoms with Crippen molar-refractivity contribution >= 4 is 0 Å². The fourth-order valence-electron chi connectivity index (χ4n) is 1.12. The van der Waals surface area contributed by atoms with Gasteiger partial charge in [-0.1, -0.05) is 6.92 Å². The molecular weight excluding hydrogens is 180 g/mol. The van der Waals surface area contributed by atoms with Gasteiger partial charge >= 0.3 is 0 Å². The van der Waals surface area contributed by atoms with Crippen molar-refractivity contribution < 1.29 is 5.11 Å². The van der Waals surface area contributed by atoms with Gasteiger partial charge in [0.1, 0.15) is 11.6 Å². The van der Waals surface area contributed by atoms with E-state index in [1.807, 2.05) is 13.0 Å².